The summed E-state index contributed by atoms with van der Waals surface area (Å²) >= 11 is 6.10. The van der Waals surface area contributed by atoms with Crippen molar-refractivity contribution < 1.29 is 4.74 Å². The van der Waals surface area contributed by atoms with Gasteiger partial charge in [0.1, 0.15) is 5.75 Å². The van der Waals surface area contributed by atoms with Crippen LogP contribution in [-0.2, 0) is 5.41 Å². The van der Waals surface area contributed by atoms with E-state index in [9.17, 15) is 0 Å². The van der Waals surface area contributed by atoms with E-state index in [0.717, 1.165) is 36.8 Å². The van der Waals surface area contributed by atoms with Crippen molar-refractivity contribution in [2.24, 2.45) is 0 Å². The lowest BCUT2D eigenvalue weighted by atomic mass is 9.86. The van der Waals surface area contributed by atoms with E-state index < -0.39 is 0 Å². The Hall–Kier alpha value is -0.730. The van der Waals surface area contributed by atoms with E-state index >= 15 is 0 Å². The third-order valence-corrected chi connectivity index (χ3v) is 3.92. The molecule has 0 spiro atoms. The summed E-state index contributed by atoms with van der Waals surface area (Å²) < 4.78 is 5.97. The van der Waals surface area contributed by atoms with E-state index in [2.05, 4.69) is 39.9 Å². The van der Waals surface area contributed by atoms with Crippen LogP contribution in [0, 0.1) is 0 Å². The molecule has 0 aromatic heterocycles. The first kappa shape index (κ1) is 18.3. The van der Waals surface area contributed by atoms with Gasteiger partial charge in [0.2, 0.25) is 0 Å². The van der Waals surface area contributed by atoms with Gasteiger partial charge in [0.25, 0.3) is 0 Å². The van der Waals surface area contributed by atoms with Crippen LogP contribution in [0.5, 0.6) is 5.75 Å². The lowest BCUT2D eigenvalue weighted by Gasteiger charge is -2.23. The number of hydrogen-bond donors (Lipinski definition) is 1. The first-order chi connectivity index (χ1) is 9.84. The van der Waals surface area contributed by atoms with Gasteiger partial charge in [-0.2, -0.15) is 0 Å². The molecule has 0 radical (unpaired) electrons. The molecule has 0 unspecified atom stereocenters. The van der Waals surface area contributed by atoms with Crippen LogP contribution < -0.4 is 10.1 Å². The first-order valence-electron chi connectivity index (χ1n) is 8.00. The minimum absolute atomic E-state index is 0.0400. The average molecular weight is 312 g/mol. The van der Waals surface area contributed by atoms with Gasteiger partial charge in [-0.3, -0.25) is 0 Å². The molecule has 0 heterocycles. The zero-order valence-corrected chi connectivity index (χ0v) is 14.9. The van der Waals surface area contributed by atoms with Gasteiger partial charge < -0.3 is 10.1 Å². The van der Waals surface area contributed by atoms with Crippen LogP contribution in [0.25, 0.3) is 0 Å². The summed E-state index contributed by atoms with van der Waals surface area (Å²) in [5.74, 6) is 0.960. The van der Waals surface area contributed by atoms with E-state index in [1.54, 1.807) is 0 Å². The maximum Gasteiger partial charge on any atom is 0.123 e. The number of rotatable bonds is 8. The van der Waals surface area contributed by atoms with Crippen LogP contribution in [0.3, 0.4) is 0 Å². The second-order valence-electron chi connectivity index (χ2n) is 6.71. The monoisotopic (exact) mass is 311 g/mol. The van der Waals surface area contributed by atoms with Crippen molar-refractivity contribution in [3.63, 3.8) is 0 Å². The maximum atomic E-state index is 6.10. The fourth-order valence-electron chi connectivity index (χ4n) is 2.12. The molecular formula is C18H30ClNO. The second kappa shape index (κ2) is 8.65. The second-order valence-corrected chi connectivity index (χ2v) is 7.15. The van der Waals surface area contributed by atoms with E-state index in [-0.39, 0.29) is 5.41 Å². The molecule has 0 bridgehead atoms. The molecule has 1 aromatic carbocycles. The highest BCUT2D eigenvalue weighted by atomic mass is 35.5. The fraction of sp³-hybridized carbons (Fsp3) is 0.667. The van der Waals surface area contributed by atoms with Gasteiger partial charge in [0.15, 0.2) is 0 Å². The number of benzene rings is 1. The van der Waals surface area contributed by atoms with E-state index in [4.69, 9.17) is 16.3 Å². The van der Waals surface area contributed by atoms with Gasteiger partial charge in [0.05, 0.1) is 6.61 Å². The van der Waals surface area contributed by atoms with Crippen LogP contribution in [0.2, 0.25) is 5.02 Å². The molecule has 0 amide bonds. The highest BCUT2D eigenvalue weighted by Gasteiger charge is 2.19. The summed E-state index contributed by atoms with van der Waals surface area (Å²) in [7, 11) is 0. The molecule has 0 aliphatic heterocycles. The number of hydrogen-bond acceptors (Lipinski definition) is 2. The molecule has 0 aliphatic rings. The summed E-state index contributed by atoms with van der Waals surface area (Å²) in [6.45, 7) is 12.8. The van der Waals surface area contributed by atoms with Crippen molar-refractivity contribution in [3.8, 4) is 5.75 Å². The van der Waals surface area contributed by atoms with Gasteiger partial charge >= 0.3 is 0 Å². The normalized spacial score (nSPS) is 13.2. The van der Waals surface area contributed by atoms with Crippen molar-refractivity contribution in [2.75, 3.05) is 13.2 Å². The van der Waals surface area contributed by atoms with Gasteiger partial charge in [-0.15, -0.1) is 0 Å². The zero-order chi connectivity index (χ0) is 15.9. The van der Waals surface area contributed by atoms with Gasteiger partial charge in [-0.25, -0.2) is 0 Å². The third kappa shape index (κ3) is 6.71. The molecule has 3 heteroatoms. The Bertz CT molecular complexity index is 426. The molecule has 0 saturated carbocycles. The summed E-state index contributed by atoms with van der Waals surface area (Å²) in [6.07, 6.45) is 3.38. The molecular weight excluding hydrogens is 282 g/mol. The minimum Gasteiger partial charge on any atom is -0.493 e. The van der Waals surface area contributed by atoms with Gasteiger partial charge in [-0.05, 0) is 56.3 Å². The van der Waals surface area contributed by atoms with Crippen LogP contribution >= 0.6 is 11.6 Å². The van der Waals surface area contributed by atoms with Crippen molar-refractivity contribution in [1.82, 2.24) is 5.32 Å². The van der Waals surface area contributed by atoms with Crippen molar-refractivity contribution >= 4 is 11.6 Å². The van der Waals surface area contributed by atoms with Gasteiger partial charge in [0, 0.05) is 16.6 Å². The topological polar surface area (TPSA) is 21.3 Å². The van der Waals surface area contributed by atoms with E-state index in [1.807, 2.05) is 18.2 Å². The molecule has 2 nitrogen and oxygen atoms in total. The highest BCUT2D eigenvalue weighted by molar-refractivity contribution is 6.30. The Morgan fingerprint density at radius 3 is 2.57 bits per heavy atom. The average Bonchev–Trinajstić information content (AvgIpc) is 2.42. The molecule has 0 fully saturated rings. The van der Waals surface area contributed by atoms with Crippen LogP contribution in [-0.4, -0.2) is 19.2 Å². The number of halogens is 1. The molecule has 0 aliphatic carbocycles. The van der Waals surface area contributed by atoms with Crippen molar-refractivity contribution in [3.05, 3.63) is 28.8 Å². The first-order valence-corrected chi connectivity index (χ1v) is 8.38. The summed E-state index contributed by atoms with van der Waals surface area (Å²) in [5, 5.41) is 4.27. The van der Waals surface area contributed by atoms with Crippen molar-refractivity contribution in [2.45, 2.75) is 65.3 Å². The lowest BCUT2D eigenvalue weighted by molar-refractivity contribution is 0.297. The molecule has 1 rings (SSSR count). The fourth-order valence-corrected chi connectivity index (χ4v) is 2.29. The Morgan fingerprint density at radius 1 is 1.24 bits per heavy atom. The number of ether oxygens (including phenoxy) is 1. The van der Waals surface area contributed by atoms with Crippen LogP contribution in [0.4, 0.5) is 0 Å². The van der Waals surface area contributed by atoms with E-state index in [0.29, 0.717) is 6.04 Å². The molecule has 1 atom stereocenters. The minimum atomic E-state index is 0.0400. The van der Waals surface area contributed by atoms with Crippen molar-refractivity contribution in [1.29, 1.82) is 0 Å². The third-order valence-electron chi connectivity index (χ3n) is 3.68. The standard InChI is InChI=1S/C18H30ClNO/c1-6-14(2)20-11-7-8-12-21-17-10-9-15(19)13-16(17)18(3,4)5/h9-10,13-14,20H,6-8,11-12H2,1-5H3/t14-/m1/s1. The predicted octanol–water partition coefficient (Wildman–Crippen LogP) is 5.18. The number of unbranched alkanes of at least 4 members (excludes halogenated alkanes) is 1. The Balaban J connectivity index is 2.42. The molecule has 21 heavy (non-hydrogen) atoms. The Morgan fingerprint density at radius 2 is 1.95 bits per heavy atom. The zero-order valence-electron chi connectivity index (χ0n) is 14.1. The quantitative estimate of drug-likeness (QED) is 0.667. The molecule has 1 aromatic rings. The van der Waals surface area contributed by atoms with Crippen LogP contribution in [0.1, 0.15) is 59.4 Å². The Labute approximate surface area is 135 Å². The smallest absolute Gasteiger partial charge is 0.123 e. The summed E-state index contributed by atoms with van der Waals surface area (Å²) in [5.41, 5.74) is 1.21. The SMILES string of the molecule is CC[C@@H](C)NCCCCOc1ccc(Cl)cc1C(C)(C)C. The highest BCUT2D eigenvalue weighted by Crippen LogP contribution is 2.33. The molecule has 1 N–H and O–H groups in total. The van der Waals surface area contributed by atoms with Gasteiger partial charge in [-0.1, -0.05) is 39.3 Å². The largest absolute Gasteiger partial charge is 0.493 e. The molecule has 0 saturated heterocycles. The van der Waals surface area contributed by atoms with E-state index in [1.165, 1.54) is 12.0 Å². The summed E-state index contributed by atoms with van der Waals surface area (Å²) in [6, 6.07) is 6.51. The predicted molar refractivity (Wildman–Crippen MR) is 92.6 cm³/mol. The number of nitrogens with one attached hydrogen (secondary N) is 1. The van der Waals surface area contributed by atoms with Crippen LogP contribution in [0.15, 0.2) is 18.2 Å². The molecule has 120 valence electrons. The Kier molecular flexibility index (Phi) is 7.55. The lowest BCUT2D eigenvalue weighted by Crippen LogP contribution is -2.26. The summed E-state index contributed by atoms with van der Waals surface area (Å²) in [4.78, 5) is 0. The maximum absolute atomic E-state index is 6.10.